The third-order valence-electron chi connectivity index (χ3n) is 5.93. The van der Waals surface area contributed by atoms with Gasteiger partial charge in [0.25, 0.3) is 0 Å². The van der Waals surface area contributed by atoms with Gasteiger partial charge in [-0.1, -0.05) is 30.3 Å². The SMILES string of the molecule is COCCN(CC(=O)OCCN(CC(O)OCCOCCOCCOCC(=O)OCc1ccccc1)C(=O)OC(C)(C)C)C(=O)OC(C)(C)C. The van der Waals surface area contributed by atoms with Crippen molar-refractivity contribution >= 4 is 24.1 Å². The van der Waals surface area contributed by atoms with Gasteiger partial charge in [-0.2, -0.15) is 0 Å². The first-order chi connectivity index (χ1) is 23.6. The predicted octanol–water partition coefficient (Wildman–Crippen LogP) is 2.78. The summed E-state index contributed by atoms with van der Waals surface area (Å²) >= 11 is 0. The number of aliphatic hydroxyl groups excluding tert-OH is 1. The molecule has 0 aliphatic carbocycles. The summed E-state index contributed by atoms with van der Waals surface area (Å²) in [5.74, 6) is -1.18. The second-order valence-electron chi connectivity index (χ2n) is 12.8. The number of hydrogen-bond acceptors (Lipinski definition) is 14. The fraction of sp³-hybridized carbons (Fsp3) is 0.706. The highest BCUT2D eigenvalue weighted by Crippen LogP contribution is 2.12. The minimum atomic E-state index is -1.38. The molecule has 0 radical (unpaired) electrons. The van der Waals surface area contributed by atoms with Crippen LogP contribution in [0.15, 0.2) is 30.3 Å². The molecule has 2 amide bonds. The monoisotopic (exact) mass is 716 g/mol. The predicted molar refractivity (Wildman–Crippen MR) is 179 cm³/mol. The van der Waals surface area contributed by atoms with E-state index in [1.165, 1.54) is 7.11 Å². The summed E-state index contributed by atoms with van der Waals surface area (Å²) in [6, 6.07) is 9.34. The molecule has 0 saturated heterocycles. The Morgan fingerprint density at radius 2 is 1.22 bits per heavy atom. The number of carbonyl (C=O) groups is 4. The number of esters is 2. The first kappa shape index (κ1) is 44.5. The molecule has 16 heteroatoms. The molecule has 0 fully saturated rings. The highest BCUT2D eigenvalue weighted by Gasteiger charge is 2.26. The minimum absolute atomic E-state index is 0.0223. The van der Waals surface area contributed by atoms with Crippen LogP contribution in [0.2, 0.25) is 0 Å². The number of nitrogens with zero attached hydrogens (tertiary/aromatic N) is 2. The number of carbonyl (C=O) groups excluding carboxylic acids is 4. The van der Waals surface area contributed by atoms with Gasteiger partial charge in [0.05, 0.1) is 59.3 Å². The summed E-state index contributed by atoms with van der Waals surface area (Å²) in [5, 5.41) is 10.4. The summed E-state index contributed by atoms with van der Waals surface area (Å²) in [7, 11) is 1.47. The molecule has 0 aliphatic rings. The average molecular weight is 717 g/mol. The minimum Gasteiger partial charge on any atom is -0.462 e. The van der Waals surface area contributed by atoms with Crippen molar-refractivity contribution in [1.82, 2.24) is 9.80 Å². The second kappa shape index (κ2) is 24.6. The lowest BCUT2D eigenvalue weighted by atomic mass is 10.2. The van der Waals surface area contributed by atoms with Crippen LogP contribution in [0.1, 0.15) is 47.1 Å². The van der Waals surface area contributed by atoms with Crippen molar-refractivity contribution in [1.29, 1.82) is 0 Å². The molecular weight excluding hydrogens is 660 g/mol. The van der Waals surface area contributed by atoms with Gasteiger partial charge in [0, 0.05) is 13.7 Å². The third-order valence-corrected chi connectivity index (χ3v) is 5.93. The molecule has 1 N–H and O–H groups in total. The Hall–Kier alpha value is -3.54. The maximum Gasteiger partial charge on any atom is 0.410 e. The largest absolute Gasteiger partial charge is 0.462 e. The van der Waals surface area contributed by atoms with Crippen LogP contribution in [0.3, 0.4) is 0 Å². The zero-order valence-electron chi connectivity index (χ0n) is 30.5. The van der Waals surface area contributed by atoms with Crippen molar-refractivity contribution in [2.75, 3.05) is 92.8 Å². The lowest BCUT2D eigenvalue weighted by Crippen LogP contribution is -2.44. The van der Waals surface area contributed by atoms with Crippen LogP contribution in [0, 0.1) is 0 Å². The fourth-order valence-corrected chi connectivity index (χ4v) is 3.68. The van der Waals surface area contributed by atoms with E-state index >= 15 is 0 Å². The summed E-state index contributed by atoms with van der Waals surface area (Å²) in [6.07, 6.45) is -2.82. The van der Waals surface area contributed by atoms with E-state index < -0.39 is 41.6 Å². The normalized spacial score (nSPS) is 12.2. The van der Waals surface area contributed by atoms with Gasteiger partial charge >= 0.3 is 24.1 Å². The Labute approximate surface area is 295 Å². The van der Waals surface area contributed by atoms with Crippen LogP contribution in [-0.2, 0) is 58.8 Å². The van der Waals surface area contributed by atoms with E-state index in [4.69, 9.17) is 42.6 Å². The quantitative estimate of drug-likeness (QED) is 0.0715. The van der Waals surface area contributed by atoms with E-state index in [1.807, 2.05) is 30.3 Å². The van der Waals surface area contributed by atoms with E-state index in [0.717, 1.165) is 15.4 Å². The molecule has 0 aliphatic heterocycles. The highest BCUT2D eigenvalue weighted by molar-refractivity contribution is 5.78. The van der Waals surface area contributed by atoms with Crippen LogP contribution in [0.4, 0.5) is 9.59 Å². The molecule has 16 nitrogen and oxygen atoms in total. The topological polar surface area (TPSA) is 178 Å². The molecule has 0 bridgehead atoms. The van der Waals surface area contributed by atoms with Gasteiger partial charge in [-0.15, -0.1) is 0 Å². The highest BCUT2D eigenvalue weighted by atomic mass is 16.6. The Bertz CT molecular complexity index is 1110. The second-order valence-corrected chi connectivity index (χ2v) is 12.8. The van der Waals surface area contributed by atoms with Gasteiger partial charge in [-0.25, -0.2) is 14.4 Å². The zero-order chi connectivity index (χ0) is 37.4. The molecule has 1 rings (SSSR count). The van der Waals surface area contributed by atoms with Gasteiger partial charge in [0.15, 0.2) is 6.29 Å². The van der Waals surface area contributed by atoms with Crippen molar-refractivity contribution in [2.24, 2.45) is 0 Å². The molecule has 50 heavy (non-hydrogen) atoms. The smallest absolute Gasteiger partial charge is 0.410 e. The number of aliphatic hydroxyl groups is 1. The first-order valence-electron chi connectivity index (χ1n) is 16.4. The Morgan fingerprint density at radius 3 is 1.80 bits per heavy atom. The lowest BCUT2D eigenvalue weighted by molar-refractivity contribution is -0.151. The maximum absolute atomic E-state index is 12.8. The Balaban J connectivity index is 2.33. The number of amides is 2. The molecule has 1 atom stereocenters. The van der Waals surface area contributed by atoms with Crippen molar-refractivity contribution in [3.63, 3.8) is 0 Å². The number of rotatable bonds is 24. The van der Waals surface area contributed by atoms with Crippen molar-refractivity contribution in [3.8, 4) is 0 Å². The molecule has 1 aromatic rings. The Morgan fingerprint density at radius 1 is 0.680 bits per heavy atom. The zero-order valence-corrected chi connectivity index (χ0v) is 30.5. The van der Waals surface area contributed by atoms with Crippen molar-refractivity contribution in [3.05, 3.63) is 35.9 Å². The molecule has 1 aromatic carbocycles. The van der Waals surface area contributed by atoms with Gasteiger partial charge < -0.3 is 47.7 Å². The maximum atomic E-state index is 12.8. The molecule has 0 spiro atoms. The summed E-state index contributed by atoms with van der Waals surface area (Å²) in [4.78, 5) is 51.9. The summed E-state index contributed by atoms with van der Waals surface area (Å²) in [5.41, 5.74) is -0.684. The Kier molecular flexibility index (Phi) is 21.9. The van der Waals surface area contributed by atoms with Gasteiger partial charge in [-0.05, 0) is 47.1 Å². The van der Waals surface area contributed by atoms with Crippen molar-refractivity contribution in [2.45, 2.75) is 65.6 Å². The standard InChI is InChI=1S/C34H56N2O14/c1-33(2,3)49-31(40)35(13-15-42-7)23-28(37)46-16-14-36(32(41)50-34(4,5)6)24-29(38)47-22-21-44-18-17-43-19-20-45-26-30(39)48-25-27-11-9-8-10-12-27/h8-12,29,38H,13-26H2,1-7H3. The molecule has 0 heterocycles. The number of benzene rings is 1. The lowest BCUT2D eigenvalue weighted by Gasteiger charge is -2.29. The van der Waals surface area contributed by atoms with Gasteiger partial charge in [0.2, 0.25) is 0 Å². The average Bonchev–Trinajstić information content (AvgIpc) is 3.02. The number of hydrogen-bond donors (Lipinski definition) is 1. The first-order valence-corrected chi connectivity index (χ1v) is 16.4. The third kappa shape index (κ3) is 23.8. The van der Waals surface area contributed by atoms with Crippen LogP contribution in [-0.4, -0.2) is 149 Å². The fourth-order valence-electron chi connectivity index (χ4n) is 3.68. The van der Waals surface area contributed by atoms with Crippen LogP contribution in [0.25, 0.3) is 0 Å². The summed E-state index contributed by atoms with van der Waals surface area (Å²) in [6.45, 7) is 10.7. The van der Waals surface area contributed by atoms with Crippen LogP contribution < -0.4 is 0 Å². The van der Waals surface area contributed by atoms with E-state index in [2.05, 4.69) is 0 Å². The molecule has 0 saturated carbocycles. The summed E-state index contributed by atoms with van der Waals surface area (Å²) < 4.78 is 47.6. The van der Waals surface area contributed by atoms with Crippen LogP contribution >= 0.6 is 0 Å². The van der Waals surface area contributed by atoms with Gasteiger partial charge in [0.1, 0.15) is 37.6 Å². The van der Waals surface area contributed by atoms with E-state index in [0.29, 0.717) is 0 Å². The van der Waals surface area contributed by atoms with Crippen molar-refractivity contribution < 1.29 is 66.9 Å². The van der Waals surface area contributed by atoms with E-state index in [9.17, 15) is 24.3 Å². The molecule has 0 aromatic heterocycles. The van der Waals surface area contributed by atoms with E-state index in [-0.39, 0.29) is 92.2 Å². The molecule has 286 valence electrons. The molecular formula is C34H56N2O14. The number of ether oxygens (including phenoxy) is 9. The van der Waals surface area contributed by atoms with Gasteiger partial charge in [-0.3, -0.25) is 14.6 Å². The van der Waals surface area contributed by atoms with E-state index in [1.54, 1.807) is 41.5 Å². The molecule has 1 unspecified atom stereocenters. The van der Waals surface area contributed by atoms with Crippen LogP contribution in [0.5, 0.6) is 0 Å². The number of methoxy groups -OCH3 is 1.